The van der Waals surface area contributed by atoms with Gasteiger partial charge < -0.3 is 4.74 Å². The van der Waals surface area contributed by atoms with Crippen LogP contribution in [0.1, 0.15) is 5.56 Å². The number of hydrogen-bond acceptors (Lipinski definition) is 6. The molecule has 0 aliphatic rings. The molecule has 168 valence electrons. The molecule has 1 aromatic heterocycles. The second-order valence-electron chi connectivity index (χ2n) is 6.11. The number of sulfonamides is 1. The van der Waals surface area contributed by atoms with Crippen molar-refractivity contribution in [3.63, 3.8) is 0 Å². The van der Waals surface area contributed by atoms with Gasteiger partial charge in [0.05, 0.1) is 15.5 Å². The van der Waals surface area contributed by atoms with Gasteiger partial charge in [-0.1, -0.05) is 23.2 Å². The van der Waals surface area contributed by atoms with Gasteiger partial charge in [0.15, 0.2) is 0 Å². The fourth-order valence-corrected chi connectivity index (χ4v) is 4.16. The van der Waals surface area contributed by atoms with Gasteiger partial charge in [-0.05, 0) is 36.4 Å². The lowest BCUT2D eigenvalue weighted by Crippen LogP contribution is -2.13. The summed E-state index contributed by atoms with van der Waals surface area (Å²) in [5, 5.41) is 10.3. The predicted molar refractivity (Wildman–Crippen MR) is 110 cm³/mol. The van der Waals surface area contributed by atoms with Crippen LogP contribution in [0.25, 0.3) is 0 Å². The fourth-order valence-electron chi connectivity index (χ4n) is 2.38. The molecule has 2 aromatic carbocycles. The second kappa shape index (κ2) is 8.81. The molecule has 0 aliphatic heterocycles. The van der Waals surface area contributed by atoms with Crippen molar-refractivity contribution in [2.45, 2.75) is 11.1 Å². The summed E-state index contributed by atoms with van der Waals surface area (Å²) >= 11 is 11.7. The van der Waals surface area contributed by atoms with Crippen LogP contribution >= 0.6 is 23.2 Å². The van der Waals surface area contributed by atoms with E-state index in [0.29, 0.717) is 12.3 Å². The van der Waals surface area contributed by atoms with Gasteiger partial charge in [0.2, 0.25) is 5.88 Å². The normalized spacial score (nSPS) is 11.8. The lowest BCUT2D eigenvalue weighted by atomic mass is 10.3. The average molecular weight is 508 g/mol. The van der Waals surface area contributed by atoms with Gasteiger partial charge >= 0.3 is 6.18 Å². The monoisotopic (exact) mass is 507 g/mol. The molecule has 1 heterocycles. The van der Waals surface area contributed by atoms with E-state index in [1.54, 1.807) is 0 Å². The topological polar surface area (TPSA) is 111 Å². The van der Waals surface area contributed by atoms with Crippen molar-refractivity contribution in [1.29, 1.82) is 0 Å². The molecule has 3 rings (SSSR count). The molecule has 0 aliphatic carbocycles. The quantitative estimate of drug-likeness (QED) is 0.328. The minimum atomic E-state index is -4.62. The number of non-ortho nitro benzene ring substituents is 1. The highest BCUT2D eigenvalue weighted by molar-refractivity contribution is 7.92. The molecule has 8 nitrogen and oxygen atoms in total. The summed E-state index contributed by atoms with van der Waals surface area (Å²) in [5.74, 6) is -0.174. The van der Waals surface area contributed by atoms with Crippen LogP contribution in [0.4, 0.5) is 24.5 Å². The van der Waals surface area contributed by atoms with E-state index in [4.69, 9.17) is 27.9 Å². The molecule has 0 fully saturated rings. The van der Waals surface area contributed by atoms with E-state index in [1.807, 2.05) is 0 Å². The Morgan fingerprint density at radius 1 is 1.03 bits per heavy atom. The minimum absolute atomic E-state index is 0.0615. The van der Waals surface area contributed by atoms with Crippen LogP contribution in [0.3, 0.4) is 0 Å². The molecular formula is C18H10Cl2F3N3O5S. The van der Waals surface area contributed by atoms with E-state index in [-0.39, 0.29) is 27.4 Å². The first-order valence-corrected chi connectivity index (χ1v) is 10.6. The smallest absolute Gasteiger partial charge is 0.417 e. The Morgan fingerprint density at radius 2 is 1.69 bits per heavy atom. The Bertz CT molecular complexity index is 1290. The Morgan fingerprint density at radius 3 is 2.25 bits per heavy atom. The van der Waals surface area contributed by atoms with Gasteiger partial charge in [-0.25, -0.2) is 13.4 Å². The van der Waals surface area contributed by atoms with E-state index in [2.05, 4.69) is 9.71 Å². The third-order valence-electron chi connectivity index (χ3n) is 3.87. The number of hydrogen-bond donors (Lipinski definition) is 1. The van der Waals surface area contributed by atoms with Crippen molar-refractivity contribution >= 4 is 44.6 Å². The Labute approximate surface area is 188 Å². The highest BCUT2D eigenvalue weighted by Crippen LogP contribution is 2.35. The van der Waals surface area contributed by atoms with Crippen LogP contribution in [-0.4, -0.2) is 18.3 Å². The number of nitro benzene ring substituents is 1. The lowest BCUT2D eigenvalue weighted by Gasteiger charge is -2.12. The van der Waals surface area contributed by atoms with Gasteiger partial charge in [0.1, 0.15) is 15.7 Å². The molecule has 0 bridgehead atoms. The van der Waals surface area contributed by atoms with Crippen molar-refractivity contribution in [2.75, 3.05) is 4.72 Å². The number of nitrogens with zero attached hydrogens (tertiary/aromatic N) is 2. The molecule has 0 saturated carbocycles. The summed E-state index contributed by atoms with van der Waals surface area (Å²) in [6.45, 7) is 0. The summed E-state index contributed by atoms with van der Waals surface area (Å²) in [5.41, 5.74) is -1.44. The minimum Gasteiger partial charge on any atom is -0.438 e. The number of halogens is 5. The summed E-state index contributed by atoms with van der Waals surface area (Å²) < 4.78 is 70.7. The van der Waals surface area contributed by atoms with Gasteiger partial charge in [-0.15, -0.1) is 0 Å². The van der Waals surface area contributed by atoms with Crippen molar-refractivity contribution in [1.82, 2.24) is 4.98 Å². The van der Waals surface area contributed by atoms with E-state index in [1.165, 1.54) is 24.3 Å². The number of pyridine rings is 1. The highest BCUT2D eigenvalue weighted by atomic mass is 35.5. The summed E-state index contributed by atoms with van der Waals surface area (Å²) in [4.78, 5) is 13.2. The number of rotatable bonds is 6. The van der Waals surface area contributed by atoms with Gasteiger partial charge in [-0.2, -0.15) is 13.2 Å². The molecule has 0 amide bonds. The van der Waals surface area contributed by atoms with Crippen LogP contribution in [0.2, 0.25) is 10.0 Å². The number of anilines is 1. The first-order valence-electron chi connectivity index (χ1n) is 8.34. The highest BCUT2D eigenvalue weighted by Gasteiger charge is 2.31. The zero-order chi connectivity index (χ0) is 23.7. The number of alkyl halides is 3. The first-order chi connectivity index (χ1) is 14.9. The third-order valence-corrected chi connectivity index (χ3v) is 6.00. The van der Waals surface area contributed by atoms with Crippen LogP contribution in [0.15, 0.2) is 59.6 Å². The summed E-state index contributed by atoms with van der Waals surface area (Å²) in [6, 6.07) is 8.83. The number of ether oxygens (including phenoxy) is 1. The number of nitrogens with one attached hydrogen (secondary N) is 1. The van der Waals surface area contributed by atoms with Crippen molar-refractivity contribution in [2.24, 2.45) is 0 Å². The van der Waals surface area contributed by atoms with Crippen molar-refractivity contribution < 1.29 is 31.2 Å². The van der Waals surface area contributed by atoms with E-state index in [9.17, 15) is 31.7 Å². The Balaban J connectivity index is 1.78. The van der Waals surface area contributed by atoms with E-state index < -0.39 is 37.3 Å². The van der Waals surface area contributed by atoms with E-state index >= 15 is 0 Å². The molecule has 32 heavy (non-hydrogen) atoms. The molecule has 0 saturated heterocycles. The standard InChI is InChI=1S/C18H10Cl2F3N3O5S/c19-14-6-3-12(26(27)28)8-16(14)32(29,30)25-11-1-4-13(5-2-11)31-17-15(20)7-10(9-24-17)18(21,22)23/h1-9,25H. The number of nitro groups is 1. The molecule has 14 heteroatoms. The van der Waals surface area contributed by atoms with E-state index in [0.717, 1.165) is 18.2 Å². The van der Waals surface area contributed by atoms with Gasteiger partial charge in [-0.3, -0.25) is 14.8 Å². The second-order valence-corrected chi connectivity index (χ2v) is 8.58. The summed E-state index contributed by atoms with van der Waals surface area (Å²) in [7, 11) is -4.26. The van der Waals surface area contributed by atoms with Crippen LogP contribution < -0.4 is 9.46 Å². The predicted octanol–water partition coefficient (Wildman–Crippen LogP) is 5.91. The van der Waals surface area contributed by atoms with Crippen LogP contribution in [-0.2, 0) is 16.2 Å². The van der Waals surface area contributed by atoms with Crippen molar-refractivity contribution in [3.05, 3.63) is 80.5 Å². The van der Waals surface area contributed by atoms with Crippen LogP contribution in [0.5, 0.6) is 11.6 Å². The lowest BCUT2D eigenvalue weighted by molar-refractivity contribution is -0.385. The zero-order valence-electron chi connectivity index (χ0n) is 15.4. The largest absolute Gasteiger partial charge is 0.438 e. The molecule has 0 spiro atoms. The molecule has 1 N–H and O–H groups in total. The maximum atomic E-state index is 12.7. The molecule has 3 aromatic rings. The maximum Gasteiger partial charge on any atom is 0.417 e. The number of benzene rings is 2. The zero-order valence-corrected chi connectivity index (χ0v) is 17.8. The van der Waals surface area contributed by atoms with Crippen LogP contribution in [0, 0.1) is 10.1 Å². The molecule has 0 atom stereocenters. The van der Waals surface area contributed by atoms with Gasteiger partial charge in [0.25, 0.3) is 15.7 Å². The average Bonchev–Trinajstić information content (AvgIpc) is 2.70. The SMILES string of the molecule is O=[N+]([O-])c1ccc(Cl)c(S(=O)(=O)Nc2ccc(Oc3ncc(C(F)(F)F)cc3Cl)cc2)c1. The Kier molecular flexibility index (Phi) is 6.49. The third kappa shape index (κ3) is 5.39. The fraction of sp³-hybridized carbons (Fsp3) is 0.0556. The first kappa shape index (κ1) is 23.6. The van der Waals surface area contributed by atoms with Gasteiger partial charge in [0, 0.05) is 24.0 Å². The van der Waals surface area contributed by atoms with Crippen molar-refractivity contribution in [3.8, 4) is 11.6 Å². The summed E-state index contributed by atoms with van der Waals surface area (Å²) in [6.07, 6.45) is -4.05. The Hall–Kier alpha value is -3.09. The number of aromatic nitrogens is 1. The molecule has 0 radical (unpaired) electrons. The molecule has 0 unspecified atom stereocenters. The molecular weight excluding hydrogens is 498 g/mol. The maximum absolute atomic E-state index is 12.7.